The zero-order chi connectivity index (χ0) is 12.5. The van der Waals surface area contributed by atoms with Gasteiger partial charge in [-0.3, -0.25) is 4.79 Å². The van der Waals surface area contributed by atoms with E-state index in [9.17, 15) is 9.59 Å². The highest BCUT2D eigenvalue weighted by molar-refractivity contribution is 5.96. The smallest absolute Gasteiger partial charge is 0.163 e. The van der Waals surface area contributed by atoms with Crippen molar-refractivity contribution in [3.05, 3.63) is 29.8 Å². The molecule has 1 aromatic carbocycles. The number of carbonyl (C=O) groups is 2. The summed E-state index contributed by atoms with van der Waals surface area (Å²) in [5, 5.41) is 0. The van der Waals surface area contributed by atoms with E-state index in [1.54, 1.807) is 19.2 Å². The van der Waals surface area contributed by atoms with Crippen LogP contribution >= 0.6 is 0 Å². The van der Waals surface area contributed by atoms with Crippen LogP contribution in [-0.4, -0.2) is 19.2 Å². The van der Waals surface area contributed by atoms with Gasteiger partial charge < -0.3 is 9.53 Å². The molecule has 3 heteroatoms. The van der Waals surface area contributed by atoms with Crippen molar-refractivity contribution in [2.24, 2.45) is 0 Å². The molecule has 0 radical (unpaired) electrons. The van der Waals surface area contributed by atoms with Crippen LogP contribution in [0.4, 0.5) is 0 Å². The molecule has 0 aliphatic rings. The van der Waals surface area contributed by atoms with Crippen LogP contribution in [0.15, 0.2) is 24.3 Å². The number of ketones is 1. The summed E-state index contributed by atoms with van der Waals surface area (Å²) in [5.41, 5.74) is 0.694. The third-order valence-corrected chi connectivity index (χ3v) is 2.62. The molecule has 0 fully saturated rings. The van der Waals surface area contributed by atoms with Gasteiger partial charge in [0, 0.05) is 18.4 Å². The molecule has 0 heterocycles. The standard InChI is InChI=1S/C14H18O3/c1-17-13-8-6-7-12(11-13)14(16)9-4-2-3-5-10-15/h6-8,10-11H,2-5,9H2,1H3. The van der Waals surface area contributed by atoms with Crippen LogP contribution in [0.5, 0.6) is 5.75 Å². The summed E-state index contributed by atoms with van der Waals surface area (Å²) >= 11 is 0. The maximum Gasteiger partial charge on any atom is 0.163 e. The topological polar surface area (TPSA) is 43.4 Å². The van der Waals surface area contributed by atoms with E-state index in [1.807, 2.05) is 12.1 Å². The predicted octanol–water partition coefficient (Wildman–Crippen LogP) is 3.03. The Kier molecular flexibility index (Phi) is 6.00. The molecule has 0 spiro atoms. The Balaban J connectivity index is 2.38. The molecular weight excluding hydrogens is 216 g/mol. The van der Waals surface area contributed by atoms with E-state index in [4.69, 9.17) is 4.74 Å². The summed E-state index contributed by atoms with van der Waals surface area (Å²) in [6.45, 7) is 0. The maximum atomic E-state index is 11.8. The molecule has 0 aliphatic carbocycles. The summed E-state index contributed by atoms with van der Waals surface area (Å²) in [6.07, 6.45) is 4.68. The minimum Gasteiger partial charge on any atom is -0.497 e. The van der Waals surface area contributed by atoms with Crippen LogP contribution < -0.4 is 4.74 Å². The van der Waals surface area contributed by atoms with Crippen molar-refractivity contribution in [1.29, 1.82) is 0 Å². The lowest BCUT2D eigenvalue weighted by molar-refractivity contribution is -0.107. The molecule has 0 atom stereocenters. The van der Waals surface area contributed by atoms with Gasteiger partial charge in [-0.15, -0.1) is 0 Å². The van der Waals surface area contributed by atoms with E-state index >= 15 is 0 Å². The van der Waals surface area contributed by atoms with Gasteiger partial charge in [0.15, 0.2) is 5.78 Å². The maximum absolute atomic E-state index is 11.8. The van der Waals surface area contributed by atoms with Crippen LogP contribution in [0.25, 0.3) is 0 Å². The molecule has 92 valence electrons. The fraction of sp³-hybridized carbons (Fsp3) is 0.429. The molecule has 0 aromatic heterocycles. The van der Waals surface area contributed by atoms with Gasteiger partial charge in [0.05, 0.1) is 7.11 Å². The molecule has 1 rings (SSSR count). The number of unbranched alkanes of at least 4 members (excludes halogenated alkanes) is 3. The van der Waals surface area contributed by atoms with E-state index in [0.29, 0.717) is 24.2 Å². The highest BCUT2D eigenvalue weighted by Gasteiger charge is 2.06. The summed E-state index contributed by atoms with van der Waals surface area (Å²) in [7, 11) is 1.59. The number of rotatable bonds is 8. The van der Waals surface area contributed by atoms with Crippen molar-refractivity contribution in [1.82, 2.24) is 0 Å². The van der Waals surface area contributed by atoms with Gasteiger partial charge in [-0.05, 0) is 25.0 Å². The molecule has 0 saturated heterocycles. The first kappa shape index (κ1) is 13.4. The monoisotopic (exact) mass is 234 g/mol. The Bertz CT molecular complexity index is 371. The third-order valence-electron chi connectivity index (χ3n) is 2.62. The van der Waals surface area contributed by atoms with Gasteiger partial charge in [-0.2, -0.15) is 0 Å². The van der Waals surface area contributed by atoms with Crippen molar-refractivity contribution >= 4 is 12.1 Å². The highest BCUT2D eigenvalue weighted by Crippen LogP contribution is 2.15. The Hall–Kier alpha value is -1.64. The van der Waals surface area contributed by atoms with Gasteiger partial charge in [0.25, 0.3) is 0 Å². The quantitative estimate of drug-likeness (QED) is 0.394. The summed E-state index contributed by atoms with van der Waals surface area (Å²) in [4.78, 5) is 21.9. The van der Waals surface area contributed by atoms with Crippen molar-refractivity contribution in [2.45, 2.75) is 32.1 Å². The lowest BCUT2D eigenvalue weighted by Gasteiger charge is -2.03. The van der Waals surface area contributed by atoms with Gasteiger partial charge >= 0.3 is 0 Å². The average Bonchev–Trinajstić information content (AvgIpc) is 2.38. The largest absolute Gasteiger partial charge is 0.497 e. The molecule has 0 bridgehead atoms. The molecule has 0 unspecified atom stereocenters. The molecule has 17 heavy (non-hydrogen) atoms. The number of carbonyl (C=O) groups excluding carboxylic acids is 2. The van der Waals surface area contributed by atoms with Crippen LogP contribution in [0.3, 0.4) is 0 Å². The SMILES string of the molecule is COc1cccc(C(=O)CCCCCC=O)c1. The van der Waals surface area contributed by atoms with Gasteiger partial charge in [0.2, 0.25) is 0 Å². The highest BCUT2D eigenvalue weighted by atomic mass is 16.5. The van der Waals surface area contributed by atoms with Crippen LogP contribution in [0, 0.1) is 0 Å². The molecular formula is C14H18O3. The fourth-order valence-electron chi connectivity index (χ4n) is 1.63. The first-order valence-corrected chi connectivity index (χ1v) is 5.89. The number of Topliss-reactive ketones (excluding diaryl/α,β-unsaturated/α-hetero) is 1. The third kappa shape index (κ3) is 4.81. The zero-order valence-electron chi connectivity index (χ0n) is 10.1. The normalized spacial score (nSPS) is 9.94. The van der Waals surface area contributed by atoms with Crippen molar-refractivity contribution in [3.63, 3.8) is 0 Å². The molecule has 3 nitrogen and oxygen atoms in total. The van der Waals surface area contributed by atoms with E-state index in [2.05, 4.69) is 0 Å². The zero-order valence-corrected chi connectivity index (χ0v) is 10.1. The second-order valence-corrected chi connectivity index (χ2v) is 3.92. The van der Waals surface area contributed by atoms with Gasteiger partial charge in [-0.25, -0.2) is 0 Å². The fourth-order valence-corrected chi connectivity index (χ4v) is 1.63. The van der Waals surface area contributed by atoms with Crippen LogP contribution in [0.2, 0.25) is 0 Å². The number of methoxy groups -OCH3 is 1. The summed E-state index contributed by atoms with van der Waals surface area (Å²) < 4.78 is 5.07. The van der Waals surface area contributed by atoms with Crippen molar-refractivity contribution in [3.8, 4) is 5.75 Å². The van der Waals surface area contributed by atoms with E-state index in [0.717, 1.165) is 25.5 Å². The number of aldehydes is 1. The molecule has 1 aromatic rings. The Morgan fingerprint density at radius 1 is 1.29 bits per heavy atom. The Morgan fingerprint density at radius 2 is 2.12 bits per heavy atom. The van der Waals surface area contributed by atoms with Gasteiger partial charge in [0.1, 0.15) is 12.0 Å². The van der Waals surface area contributed by atoms with E-state index in [-0.39, 0.29) is 5.78 Å². The molecule has 0 aliphatic heterocycles. The predicted molar refractivity (Wildman–Crippen MR) is 66.5 cm³/mol. The first-order chi connectivity index (χ1) is 8.27. The van der Waals surface area contributed by atoms with Crippen molar-refractivity contribution in [2.75, 3.05) is 7.11 Å². The van der Waals surface area contributed by atoms with Gasteiger partial charge in [-0.1, -0.05) is 18.6 Å². The van der Waals surface area contributed by atoms with E-state index in [1.165, 1.54) is 0 Å². The van der Waals surface area contributed by atoms with Crippen LogP contribution in [-0.2, 0) is 4.79 Å². The minimum absolute atomic E-state index is 0.134. The number of hydrogen-bond donors (Lipinski definition) is 0. The number of ether oxygens (including phenoxy) is 1. The molecule has 0 N–H and O–H groups in total. The van der Waals surface area contributed by atoms with E-state index < -0.39 is 0 Å². The lowest BCUT2D eigenvalue weighted by atomic mass is 10.0. The van der Waals surface area contributed by atoms with Crippen molar-refractivity contribution < 1.29 is 14.3 Å². The second-order valence-electron chi connectivity index (χ2n) is 3.92. The molecule has 0 amide bonds. The summed E-state index contributed by atoms with van der Waals surface area (Å²) in [5.74, 6) is 0.840. The minimum atomic E-state index is 0.134. The number of hydrogen-bond acceptors (Lipinski definition) is 3. The van der Waals surface area contributed by atoms with Crippen LogP contribution in [0.1, 0.15) is 42.5 Å². The average molecular weight is 234 g/mol. The number of benzene rings is 1. The molecule has 0 saturated carbocycles. The lowest BCUT2D eigenvalue weighted by Crippen LogP contribution is -1.99. The summed E-state index contributed by atoms with van der Waals surface area (Å²) in [6, 6.07) is 7.20. The first-order valence-electron chi connectivity index (χ1n) is 5.89. The second kappa shape index (κ2) is 7.60. The Labute approximate surface area is 102 Å². The Morgan fingerprint density at radius 3 is 2.82 bits per heavy atom.